The lowest BCUT2D eigenvalue weighted by Gasteiger charge is -2.21. The molecule has 0 heterocycles. The number of hydrogen-bond donors (Lipinski definition) is 2. The van der Waals surface area contributed by atoms with Crippen molar-refractivity contribution < 1.29 is 9.59 Å². The van der Waals surface area contributed by atoms with Gasteiger partial charge in [-0.15, -0.1) is 11.8 Å². The second-order valence-electron chi connectivity index (χ2n) is 7.05. The fourth-order valence-corrected chi connectivity index (χ4v) is 3.29. The number of para-hydroxylation sites is 1. The first kappa shape index (κ1) is 20.0. The molecular weight excluding hydrogens is 344 g/mol. The molecule has 138 valence electrons. The molecule has 0 unspecified atom stereocenters. The molecule has 0 saturated carbocycles. The van der Waals surface area contributed by atoms with Crippen molar-refractivity contribution in [3.05, 3.63) is 59.7 Å². The molecule has 2 amide bonds. The van der Waals surface area contributed by atoms with Crippen LogP contribution in [-0.2, 0) is 0 Å². The topological polar surface area (TPSA) is 58.2 Å². The van der Waals surface area contributed by atoms with Crippen molar-refractivity contribution >= 4 is 29.3 Å². The lowest BCUT2D eigenvalue weighted by Crippen LogP contribution is -2.40. The molecule has 2 aromatic rings. The zero-order chi connectivity index (χ0) is 19.2. The monoisotopic (exact) mass is 370 g/mol. The fraction of sp³-hybridized carbons (Fsp3) is 0.333. The van der Waals surface area contributed by atoms with Crippen molar-refractivity contribution in [2.75, 3.05) is 11.1 Å². The summed E-state index contributed by atoms with van der Waals surface area (Å²) in [4.78, 5) is 26.3. The first-order valence-electron chi connectivity index (χ1n) is 8.76. The number of carbonyl (C=O) groups is 2. The number of hydrogen-bond acceptors (Lipinski definition) is 3. The Labute approximate surface area is 159 Å². The third-order valence-electron chi connectivity index (χ3n) is 3.50. The fourth-order valence-electron chi connectivity index (χ4n) is 2.38. The van der Waals surface area contributed by atoms with Crippen molar-refractivity contribution in [1.82, 2.24) is 5.32 Å². The number of anilines is 1. The first-order valence-corrected chi connectivity index (χ1v) is 9.75. The Hall–Kier alpha value is -2.27. The smallest absolute Gasteiger partial charge is 0.256 e. The van der Waals surface area contributed by atoms with Gasteiger partial charge in [0, 0.05) is 10.4 Å². The number of nitrogens with one attached hydrogen (secondary N) is 2. The molecule has 0 spiro atoms. The van der Waals surface area contributed by atoms with Crippen LogP contribution in [0.5, 0.6) is 0 Å². The highest BCUT2D eigenvalue weighted by Crippen LogP contribution is 2.25. The number of amides is 2. The average Bonchev–Trinajstić information content (AvgIpc) is 2.59. The van der Waals surface area contributed by atoms with Gasteiger partial charge in [-0.3, -0.25) is 9.59 Å². The Balaban J connectivity index is 2.24. The molecule has 0 atom stereocenters. The Morgan fingerprint density at radius 3 is 2.19 bits per heavy atom. The first-order chi connectivity index (χ1) is 12.3. The molecule has 26 heavy (non-hydrogen) atoms. The molecule has 0 radical (unpaired) electrons. The van der Waals surface area contributed by atoms with Gasteiger partial charge in [0.05, 0.1) is 16.8 Å². The van der Waals surface area contributed by atoms with Gasteiger partial charge in [0.2, 0.25) is 0 Å². The number of carbonyl (C=O) groups excluding carboxylic acids is 2. The number of rotatable bonds is 6. The Bertz CT molecular complexity index is 782. The van der Waals surface area contributed by atoms with E-state index < -0.39 is 0 Å². The van der Waals surface area contributed by atoms with Gasteiger partial charge in [0.15, 0.2) is 0 Å². The molecule has 0 saturated heterocycles. The van der Waals surface area contributed by atoms with E-state index in [4.69, 9.17) is 0 Å². The van der Waals surface area contributed by atoms with Crippen LogP contribution in [0.15, 0.2) is 53.4 Å². The van der Waals surface area contributed by atoms with E-state index >= 15 is 0 Å². The number of thioether (sulfide) groups is 1. The molecule has 4 nitrogen and oxygen atoms in total. The summed E-state index contributed by atoms with van der Waals surface area (Å²) < 4.78 is 0. The minimum Gasteiger partial charge on any atom is -0.347 e. The summed E-state index contributed by atoms with van der Waals surface area (Å²) in [5.74, 6) is 0.539. The molecule has 0 bridgehead atoms. The van der Waals surface area contributed by atoms with Crippen molar-refractivity contribution in [2.45, 2.75) is 44.6 Å². The summed E-state index contributed by atoms with van der Waals surface area (Å²) >= 11 is 1.66. The molecule has 0 aliphatic rings. The molecule has 2 N–H and O–H groups in total. The summed E-state index contributed by atoms with van der Waals surface area (Å²) in [6.45, 7) is 7.88. The van der Waals surface area contributed by atoms with E-state index in [1.165, 1.54) is 0 Å². The van der Waals surface area contributed by atoms with Crippen LogP contribution in [-0.4, -0.2) is 23.1 Å². The Kier molecular flexibility index (Phi) is 6.86. The third kappa shape index (κ3) is 5.63. The van der Waals surface area contributed by atoms with Gasteiger partial charge >= 0.3 is 0 Å². The molecule has 2 aromatic carbocycles. The molecule has 0 aromatic heterocycles. The van der Waals surface area contributed by atoms with Crippen LogP contribution in [0.25, 0.3) is 0 Å². The summed E-state index contributed by atoms with van der Waals surface area (Å²) in [6.07, 6.45) is 1.04. The Morgan fingerprint density at radius 2 is 1.54 bits per heavy atom. The van der Waals surface area contributed by atoms with Crippen LogP contribution in [0.1, 0.15) is 54.8 Å². The zero-order valence-electron chi connectivity index (χ0n) is 15.8. The van der Waals surface area contributed by atoms with Crippen molar-refractivity contribution in [3.63, 3.8) is 0 Å². The summed E-state index contributed by atoms with van der Waals surface area (Å²) in [7, 11) is 0. The molecule has 0 aliphatic carbocycles. The molecule has 0 fully saturated rings. The minimum absolute atomic E-state index is 0.206. The summed E-state index contributed by atoms with van der Waals surface area (Å²) in [5, 5.41) is 5.83. The summed E-state index contributed by atoms with van der Waals surface area (Å²) in [5.41, 5.74) is 1.23. The molecular formula is C21H26N2O2S. The van der Waals surface area contributed by atoms with Crippen LogP contribution in [0.3, 0.4) is 0 Å². The lowest BCUT2D eigenvalue weighted by atomic mass is 10.1. The maximum Gasteiger partial charge on any atom is 0.256 e. The van der Waals surface area contributed by atoms with E-state index in [-0.39, 0.29) is 17.4 Å². The van der Waals surface area contributed by atoms with Crippen molar-refractivity contribution in [2.24, 2.45) is 0 Å². The maximum atomic E-state index is 12.8. The highest BCUT2D eigenvalue weighted by Gasteiger charge is 2.19. The molecule has 0 aliphatic heterocycles. The number of benzene rings is 2. The van der Waals surface area contributed by atoms with E-state index in [0.29, 0.717) is 16.8 Å². The minimum atomic E-state index is -0.350. The quantitative estimate of drug-likeness (QED) is 0.706. The SMILES string of the molecule is CCCSc1ccccc1C(=O)Nc1ccccc1C(=O)NC(C)(C)C. The highest BCUT2D eigenvalue weighted by atomic mass is 32.2. The molecule has 2 rings (SSSR count). The summed E-state index contributed by atoms with van der Waals surface area (Å²) in [6, 6.07) is 14.6. The normalized spacial score (nSPS) is 11.1. The van der Waals surface area contributed by atoms with Gasteiger partial charge in [-0.05, 0) is 57.2 Å². The van der Waals surface area contributed by atoms with E-state index in [9.17, 15) is 9.59 Å². The zero-order valence-corrected chi connectivity index (χ0v) is 16.6. The van der Waals surface area contributed by atoms with Gasteiger partial charge in [-0.25, -0.2) is 0 Å². The maximum absolute atomic E-state index is 12.8. The standard InChI is InChI=1S/C21H26N2O2S/c1-5-14-26-18-13-9-7-11-16(18)19(24)22-17-12-8-6-10-15(17)20(25)23-21(2,3)4/h6-13H,5,14H2,1-4H3,(H,22,24)(H,23,25). The highest BCUT2D eigenvalue weighted by molar-refractivity contribution is 7.99. The van der Waals surface area contributed by atoms with Crippen LogP contribution in [0.4, 0.5) is 5.69 Å². The van der Waals surface area contributed by atoms with E-state index in [2.05, 4.69) is 17.6 Å². The average molecular weight is 371 g/mol. The van der Waals surface area contributed by atoms with E-state index in [0.717, 1.165) is 17.1 Å². The second kappa shape index (κ2) is 8.90. The van der Waals surface area contributed by atoms with Crippen LogP contribution in [0.2, 0.25) is 0 Å². The van der Waals surface area contributed by atoms with Crippen molar-refractivity contribution in [3.8, 4) is 0 Å². The van der Waals surface area contributed by atoms with Gasteiger partial charge in [-0.1, -0.05) is 31.2 Å². The second-order valence-corrected chi connectivity index (χ2v) is 8.19. The largest absolute Gasteiger partial charge is 0.347 e. The predicted molar refractivity (Wildman–Crippen MR) is 109 cm³/mol. The predicted octanol–water partition coefficient (Wildman–Crippen LogP) is 4.97. The van der Waals surface area contributed by atoms with Crippen LogP contribution in [0, 0.1) is 0 Å². The Morgan fingerprint density at radius 1 is 0.923 bits per heavy atom. The lowest BCUT2D eigenvalue weighted by molar-refractivity contribution is 0.0920. The van der Waals surface area contributed by atoms with Gasteiger partial charge in [-0.2, -0.15) is 0 Å². The van der Waals surface area contributed by atoms with Crippen LogP contribution >= 0.6 is 11.8 Å². The van der Waals surface area contributed by atoms with E-state index in [1.54, 1.807) is 36.0 Å². The third-order valence-corrected chi connectivity index (χ3v) is 4.78. The van der Waals surface area contributed by atoms with E-state index in [1.807, 2.05) is 45.0 Å². The van der Waals surface area contributed by atoms with Crippen molar-refractivity contribution in [1.29, 1.82) is 0 Å². The molecule has 5 heteroatoms. The van der Waals surface area contributed by atoms with Gasteiger partial charge in [0.1, 0.15) is 0 Å². The van der Waals surface area contributed by atoms with Crippen LogP contribution < -0.4 is 10.6 Å². The van der Waals surface area contributed by atoms with Gasteiger partial charge < -0.3 is 10.6 Å². The van der Waals surface area contributed by atoms with Gasteiger partial charge in [0.25, 0.3) is 11.8 Å².